The van der Waals surface area contributed by atoms with Crippen LogP contribution in [0.2, 0.25) is 0 Å². The van der Waals surface area contributed by atoms with Crippen LogP contribution in [0.25, 0.3) is 11.1 Å². The van der Waals surface area contributed by atoms with E-state index in [1.165, 1.54) is 12.1 Å². The van der Waals surface area contributed by atoms with Gasteiger partial charge in [0.05, 0.1) is 0 Å². The van der Waals surface area contributed by atoms with Crippen molar-refractivity contribution in [3.8, 4) is 11.1 Å². The van der Waals surface area contributed by atoms with Crippen LogP contribution < -0.4 is 5.32 Å². The van der Waals surface area contributed by atoms with Gasteiger partial charge in [0, 0.05) is 27.3 Å². The maximum absolute atomic E-state index is 12.9. The summed E-state index contributed by atoms with van der Waals surface area (Å²) in [6.07, 6.45) is 0.825. The van der Waals surface area contributed by atoms with Crippen LogP contribution >= 0.6 is 22.6 Å². The van der Waals surface area contributed by atoms with Gasteiger partial charge in [0.25, 0.3) is 5.91 Å². The number of nitrogens with zero attached hydrogens (tertiary/aromatic N) is 1. The highest BCUT2D eigenvalue weighted by molar-refractivity contribution is 14.1. The molecule has 3 aromatic carbocycles. The standard InChI is InChI=1S/C27H23IN2O5/c1-2-11-30(15-25(31)32)26(33)17-12-18(28)14-19(13-17)29-27(34)35-16-24-22-9-5-3-7-20(22)21-8-4-6-10-23(21)24/h2-10,12-14,24H,1,11,15-16H2,(H,29,34)(H,31,32). The van der Waals surface area contributed by atoms with Gasteiger partial charge in [-0.1, -0.05) is 54.6 Å². The normalized spacial score (nSPS) is 11.8. The number of ether oxygens (including phenoxy) is 1. The van der Waals surface area contributed by atoms with Crippen molar-refractivity contribution in [1.29, 1.82) is 0 Å². The molecule has 0 atom stereocenters. The molecule has 0 radical (unpaired) electrons. The van der Waals surface area contributed by atoms with E-state index in [0.717, 1.165) is 27.2 Å². The minimum Gasteiger partial charge on any atom is -0.480 e. The first-order chi connectivity index (χ1) is 16.9. The molecule has 0 saturated carbocycles. The van der Waals surface area contributed by atoms with Crippen molar-refractivity contribution < 1.29 is 24.2 Å². The second-order valence-corrected chi connectivity index (χ2v) is 9.29. The van der Waals surface area contributed by atoms with Gasteiger partial charge >= 0.3 is 12.1 Å². The van der Waals surface area contributed by atoms with E-state index < -0.39 is 24.5 Å². The molecule has 8 heteroatoms. The van der Waals surface area contributed by atoms with Gasteiger partial charge in [-0.3, -0.25) is 14.9 Å². The van der Waals surface area contributed by atoms with Crippen LogP contribution in [0.1, 0.15) is 27.4 Å². The Hall–Kier alpha value is -3.66. The number of carboxylic acids is 1. The number of fused-ring (bicyclic) bond motifs is 3. The number of carbonyl (C=O) groups is 3. The lowest BCUT2D eigenvalue weighted by Crippen LogP contribution is -2.35. The zero-order chi connectivity index (χ0) is 24.9. The fourth-order valence-electron chi connectivity index (χ4n) is 4.26. The van der Waals surface area contributed by atoms with Crippen LogP contribution in [-0.2, 0) is 9.53 Å². The molecule has 0 unspecified atom stereocenters. The summed E-state index contributed by atoms with van der Waals surface area (Å²) >= 11 is 2.03. The predicted octanol–water partition coefficient (Wildman–Crippen LogP) is 5.37. The summed E-state index contributed by atoms with van der Waals surface area (Å²) in [5.74, 6) is -1.66. The summed E-state index contributed by atoms with van der Waals surface area (Å²) in [4.78, 5) is 37.8. The first-order valence-electron chi connectivity index (χ1n) is 10.9. The number of hydrogen-bond acceptors (Lipinski definition) is 4. The van der Waals surface area contributed by atoms with Crippen molar-refractivity contribution in [2.24, 2.45) is 0 Å². The van der Waals surface area contributed by atoms with E-state index in [-0.39, 0.29) is 24.6 Å². The van der Waals surface area contributed by atoms with E-state index in [1.54, 1.807) is 12.1 Å². The molecule has 0 fully saturated rings. The zero-order valence-corrected chi connectivity index (χ0v) is 20.9. The SMILES string of the molecule is C=CCN(CC(=O)O)C(=O)c1cc(I)cc(NC(=O)OCC2c3ccccc3-c3ccccc32)c1. The average Bonchev–Trinajstić information content (AvgIpc) is 3.15. The zero-order valence-electron chi connectivity index (χ0n) is 18.7. The number of nitrogens with one attached hydrogen (secondary N) is 1. The minimum atomic E-state index is -1.12. The van der Waals surface area contributed by atoms with E-state index in [9.17, 15) is 14.4 Å². The monoisotopic (exact) mass is 582 g/mol. The Morgan fingerprint density at radius 1 is 1.03 bits per heavy atom. The quantitative estimate of drug-likeness (QED) is 0.275. The number of carboxylic acid groups (broad SMARTS) is 1. The summed E-state index contributed by atoms with van der Waals surface area (Å²) < 4.78 is 6.29. The molecule has 1 aliphatic carbocycles. The largest absolute Gasteiger partial charge is 0.480 e. The number of aliphatic carboxylic acids is 1. The van der Waals surface area contributed by atoms with Gasteiger partial charge in [0.1, 0.15) is 13.2 Å². The number of benzene rings is 3. The van der Waals surface area contributed by atoms with Crippen LogP contribution in [0, 0.1) is 3.57 Å². The van der Waals surface area contributed by atoms with Crippen molar-refractivity contribution in [3.05, 3.63) is 99.6 Å². The van der Waals surface area contributed by atoms with Crippen LogP contribution in [0.15, 0.2) is 79.4 Å². The number of amides is 2. The molecule has 2 N–H and O–H groups in total. The number of anilines is 1. The summed E-state index contributed by atoms with van der Waals surface area (Å²) in [5, 5.41) is 11.8. The molecule has 35 heavy (non-hydrogen) atoms. The third-order valence-corrected chi connectivity index (χ3v) is 6.32. The molecule has 2 amide bonds. The van der Waals surface area contributed by atoms with Crippen molar-refractivity contribution in [2.75, 3.05) is 25.0 Å². The topological polar surface area (TPSA) is 95.9 Å². The Labute approximate surface area is 216 Å². The number of halogens is 1. The summed E-state index contributed by atoms with van der Waals surface area (Å²) in [6.45, 7) is 3.38. The Bertz CT molecular complexity index is 1260. The Morgan fingerprint density at radius 2 is 1.66 bits per heavy atom. The van der Waals surface area contributed by atoms with Gasteiger partial charge in [-0.2, -0.15) is 0 Å². The average molecular weight is 582 g/mol. The first kappa shape index (κ1) is 24.5. The molecule has 0 bridgehead atoms. The fourth-order valence-corrected chi connectivity index (χ4v) is 4.93. The molecule has 0 saturated heterocycles. The molecule has 0 heterocycles. The third kappa shape index (κ3) is 5.54. The molecule has 0 aromatic heterocycles. The highest BCUT2D eigenvalue weighted by Gasteiger charge is 2.29. The van der Waals surface area contributed by atoms with Gasteiger partial charge in [0.2, 0.25) is 0 Å². The van der Waals surface area contributed by atoms with E-state index in [1.807, 2.05) is 59.0 Å². The summed E-state index contributed by atoms with van der Waals surface area (Å²) in [6, 6.07) is 21.0. The minimum absolute atomic E-state index is 0.0651. The fraction of sp³-hybridized carbons (Fsp3) is 0.148. The van der Waals surface area contributed by atoms with E-state index in [4.69, 9.17) is 9.84 Å². The smallest absolute Gasteiger partial charge is 0.411 e. The second-order valence-electron chi connectivity index (χ2n) is 8.05. The van der Waals surface area contributed by atoms with Crippen LogP contribution in [0.4, 0.5) is 10.5 Å². The molecule has 3 aromatic rings. The van der Waals surface area contributed by atoms with Crippen molar-refractivity contribution in [3.63, 3.8) is 0 Å². The molecule has 0 aliphatic heterocycles. The maximum Gasteiger partial charge on any atom is 0.411 e. The van der Waals surface area contributed by atoms with Crippen LogP contribution in [0.3, 0.4) is 0 Å². The van der Waals surface area contributed by atoms with Crippen LogP contribution in [-0.4, -0.2) is 47.7 Å². The van der Waals surface area contributed by atoms with Gasteiger partial charge < -0.3 is 14.7 Å². The lowest BCUT2D eigenvalue weighted by molar-refractivity contribution is -0.137. The van der Waals surface area contributed by atoms with Gasteiger partial charge in [-0.05, 0) is 63.0 Å². The number of rotatable bonds is 8. The Morgan fingerprint density at radius 3 is 2.26 bits per heavy atom. The molecular formula is C27H23IN2O5. The summed E-state index contributed by atoms with van der Waals surface area (Å²) in [5.41, 5.74) is 5.15. The van der Waals surface area contributed by atoms with Crippen molar-refractivity contribution in [2.45, 2.75) is 5.92 Å². The number of hydrogen-bond donors (Lipinski definition) is 2. The van der Waals surface area contributed by atoms with Crippen LogP contribution in [0.5, 0.6) is 0 Å². The molecule has 1 aliphatic rings. The van der Waals surface area contributed by atoms with Gasteiger partial charge in [0.15, 0.2) is 0 Å². The van der Waals surface area contributed by atoms with E-state index >= 15 is 0 Å². The van der Waals surface area contributed by atoms with Gasteiger partial charge in [-0.15, -0.1) is 6.58 Å². The molecule has 178 valence electrons. The lowest BCUT2D eigenvalue weighted by atomic mass is 9.98. The number of carbonyl (C=O) groups excluding carboxylic acids is 2. The summed E-state index contributed by atoms with van der Waals surface area (Å²) in [7, 11) is 0. The van der Waals surface area contributed by atoms with Gasteiger partial charge in [-0.25, -0.2) is 4.79 Å². The molecule has 0 spiro atoms. The Kier molecular flexibility index (Phi) is 7.50. The molecular weight excluding hydrogens is 559 g/mol. The first-order valence-corrected chi connectivity index (χ1v) is 12.0. The van der Waals surface area contributed by atoms with Crippen molar-refractivity contribution >= 4 is 46.2 Å². The van der Waals surface area contributed by atoms with E-state index in [2.05, 4.69) is 24.0 Å². The van der Waals surface area contributed by atoms with Crippen molar-refractivity contribution in [1.82, 2.24) is 4.90 Å². The maximum atomic E-state index is 12.9. The molecule has 4 rings (SSSR count). The third-order valence-electron chi connectivity index (χ3n) is 5.70. The lowest BCUT2D eigenvalue weighted by Gasteiger charge is -2.19. The van der Waals surface area contributed by atoms with E-state index in [0.29, 0.717) is 9.26 Å². The Balaban J connectivity index is 1.46. The second kappa shape index (κ2) is 10.7. The highest BCUT2D eigenvalue weighted by atomic mass is 127. The highest BCUT2D eigenvalue weighted by Crippen LogP contribution is 2.44. The predicted molar refractivity (Wildman–Crippen MR) is 142 cm³/mol. The molecule has 7 nitrogen and oxygen atoms in total.